The summed E-state index contributed by atoms with van der Waals surface area (Å²) in [6.07, 6.45) is 11.2. The number of aromatic carboxylic acids is 1. The summed E-state index contributed by atoms with van der Waals surface area (Å²) in [4.78, 5) is 11.3. The van der Waals surface area contributed by atoms with Crippen LogP contribution in [0.25, 0.3) is 22.3 Å². The van der Waals surface area contributed by atoms with Crippen molar-refractivity contribution in [1.29, 1.82) is 0 Å². The molecule has 0 aliphatic carbocycles. The van der Waals surface area contributed by atoms with Gasteiger partial charge in [-0.15, -0.1) is 0 Å². The van der Waals surface area contributed by atoms with Gasteiger partial charge >= 0.3 is 5.97 Å². The number of aryl methyl sites for hydroxylation is 1. The molecule has 3 rings (SSSR count). The van der Waals surface area contributed by atoms with E-state index < -0.39 is 5.97 Å². The predicted octanol–water partition coefficient (Wildman–Crippen LogP) is 9.21. The van der Waals surface area contributed by atoms with Crippen LogP contribution in [-0.2, 0) is 12.8 Å². The largest absolute Gasteiger partial charge is 0.478 e. The first kappa shape index (κ1) is 25.7. The van der Waals surface area contributed by atoms with Gasteiger partial charge in [-0.05, 0) is 70.7 Å². The molecule has 1 atom stereocenters. The van der Waals surface area contributed by atoms with Crippen molar-refractivity contribution >= 4 is 5.97 Å². The van der Waals surface area contributed by atoms with Crippen LogP contribution >= 0.6 is 0 Å². The molecule has 34 heavy (non-hydrogen) atoms. The van der Waals surface area contributed by atoms with E-state index in [2.05, 4.69) is 63.2 Å². The van der Waals surface area contributed by atoms with E-state index in [0.717, 1.165) is 24.0 Å². The minimum Gasteiger partial charge on any atom is -0.478 e. The van der Waals surface area contributed by atoms with Crippen molar-refractivity contribution in [3.8, 4) is 22.3 Å². The molecule has 0 bridgehead atoms. The van der Waals surface area contributed by atoms with Gasteiger partial charge < -0.3 is 5.11 Å². The first-order chi connectivity index (χ1) is 16.5. The second-order valence-electron chi connectivity index (χ2n) is 9.69. The summed E-state index contributed by atoms with van der Waals surface area (Å²) in [6.45, 7) is 6.81. The molecule has 1 unspecified atom stereocenters. The summed E-state index contributed by atoms with van der Waals surface area (Å²) >= 11 is 0. The molecule has 0 aromatic heterocycles. The average molecular weight is 457 g/mol. The maximum absolute atomic E-state index is 11.3. The molecule has 1 N–H and O–H groups in total. The Morgan fingerprint density at radius 2 is 1.32 bits per heavy atom. The van der Waals surface area contributed by atoms with E-state index in [4.69, 9.17) is 0 Å². The zero-order valence-corrected chi connectivity index (χ0v) is 21.1. The molecule has 0 aliphatic heterocycles. The molecule has 0 heterocycles. The fourth-order valence-electron chi connectivity index (χ4n) is 4.51. The van der Waals surface area contributed by atoms with Gasteiger partial charge in [0.25, 0.3) is 0 Å². The monoisotopic (exact) mass is 456 g/mol. The van der Waals surface area contributed by atoms with Gasteiger partial charge in [-0.1, -0.05) is 114 Å². The average Bonchev–Trinajstić information content (AvgIpc) is 2.86. The number of rotatable bonds is 13. The van der Waals surface area contributed by atoms with Gasteiger partial charge in [0, 0.05) is 0 Å². The van der Waals surface area contributed by atoms with E-state index in [-0.39, 0.29) is 0 Å². The summed E-state index contributed by atoms with van der Waals surface area (Å²) in [5.41, 5.74) is 7.72. The van der Waals surface area contributed by atoms with Crippen LogP contribution in [0.1, 0.15) is 87.2 Å². The van der Waals surface area contributed by atoms with Crippen LogP contribution in [-0.4, -0.2) is 11.1 Å². The van der Waals surface area contributed by atoms with Gasteiger partial charge in [0.05, 0.1) is 5.56 Å². The molecule has 2 nitrogen and oxygen atoms in total. The second-order valence-corrected chi connectivity index (χ2v) is 9.69. The van der Waals surface area contributed by atoms with Crippen LogP contribution in [0, 0.1) is 5.92 Å². The molecule has 0 spiro atoms. The molecule has 0 fully saturated rings. The molecule has 2 heteroatoms. The maximum Gasteiger partial charge on any atom is 0.335 e. The van der Waals surface area contributed by atoms with E-state index in [1.165, 1.54) is 67.2 Å². The standard InChI is InChI=1S/C32H40O2/c1-4-6-7-8-9-10-11-25-14-21-30(27-17-19-29(20-18-27)32(33)34)31(23-25)28-15-12-26(13-16-28)22-24(3)5-2/h12-21,23-24H,4-11,22H2,1-3H3,(H,33,34). The van der Waals surface area contributed by atoms with Crippen molar-refractivity contribution in [1.82, 2.24) is 0 Å². The first-order valence-corrected chi connectivity index (χ1v) is 13.1. The SMILES string of the molecule is CCCCCCCCc1ccc(-c2ccc(C(=O)O)cc2)c(-c2ccc(CC(C)CC)cc2)c1. The lowest BCUT2D eigenvalue weighted by Gasteiger charge is -2.15. The molecule has 0 saturated heterocycles. The second kappa shape index (κ2) is 13.1. The highest BCUT2D eigenvalue weighted by molar-refractivity contribution is 5.89. The highest BCUT2D eigenvalue weighted by Crippen LogP contribution is 2.34. The topological polar surface area (TPSA) is 37.3 Å². The Morgan fingerprint density at radius 1 is 0.735 bits per heavy atom. The fourth-order valence-corrected chi connectivity index (χ4v) is 4.51. The lowest BCUT2D eigenvalue weighted by molar-refractivity contribution is 0.0697. The molecule has 3 aromatic carbocycles. The van der Waals surface area contributed by atoms with Crippen molar-refractivity contribution in [2.24, 2.45) is 5.92 Å². The van der Waals surface area contributed by atoms with Crippen LogP contribution in [0.4, 0.5) is 0 Å². The molecule has 3 aromatic rings. The van der Waals surface area contributed by atoms with Crippen molar-refractivity contribution in [3.05, 3.63) is 83.4 Å². The van der Waals surface area contributed by atoms with Crippen LogP contribution in [0.15, 0.2) is 66.7 Å². The summed E-state index contributed by atoms with van der Waals surface area (Å²) in [7, 11) is 0. The summed E-state index contributed by atoms with van der Waals surface area (Å²) in [5, 5.41) is 9.27. The number of benzene rings is 3. The lowest BCUT2D eigenvalue weighted by atomic mass is 9.90. The number of unbranched alkanes of at least 4 members (excludes halogenated alkanes) is 5. The predicted molar refractivity (Wildman–Crippen MR) is 145 cm³/mol. The third kappa shape index (κ3) is 7.32. The van der Waals surface area contributed by atoms with Crippen LogP contribution in [0.2, 0.25) is 0 Å². The Morgan fingerprint density at radius 3 is 1.97 bits per heavy atom. The molecular weight excluding hydrogens is 416 g/mol. The smallest absolute Gasteiger partial charge is 0.335 e. The van der Waals surface area contributed by atoms with Crippen molar-refractivity contribution in [3.63, 3.8) is 0 Å². The zero-order valence-electron chi connectivity index (χ0n) is 21.1. The quantitative estimate of drug-likeness (QED) is 0.260. The van der Waals surface area contributed by atoms with Gasteiger partial charge in [-0.3, -0.25) is 0 Å². The van der Waals surface area contributed by atoms with Gasteiger partial charge in [0.15, 0.2) is 0 Å². The van der Waals surface area contributed by atoms with Crippen LogP contribution < -0.4 is 0 Å². The first-order valence-electron chi connectivity index (χ1n) is 13.1. The lowest BCUT2D eigenvalue weighted by Crippen LogP contribution is -1.98. The molecule has 0 amide bonds. The molecule has 0 saturated carbocycles. The van der Waals surface area contributed by atoms with Gasteiger partial charge in [-0.25, -0.2) is 4.79 Å². The molecule has 0 aliphatic rings. The van der Waals surface area contributed by atoms with Crippen molar-refractivity contribution in [2.75, 3.05) is 0 Å². The minimum absolute atomic E-state index is 0.319. The van der Waals surface area contributed by atoms with E-state index in [0.29, 0.717) is 11.5 Å². The summed E-state index contributed by atoms with van der Waals surface area (Å²) in [6, 6.07) is 23.1. The van der Waals surface area contributed by atoms with E-state index in [1.807, 2.05) is 12.1 Å². The summed E-state index contributed by atoms with van der Waals surface area (Å²) in [5.74, 6) is -0.201. The Bertz CT molecular complexity index is 1030. The highest BCUT2D eigenvalue weighted by atomic mass is 16.4. The Kier molecular flexibility index (Phi) is 9.94. The van der Waals surface area contributed by atoms with Crippen molar-refractivity contribution < 1.29 is 9.90 Å². The molecular formula is C32H40O2. The van der Waals surface area contributed by atoms with Crippen molar-refractivity contribution in [2.45, 2.75) is 78.6 Å². The number of carboxylic acid groups (broad SMARTS) is 1. The van der Waals surface area contributed by atoms with Crippen LogP contribution in [0.5, 0.6) is 0 Å². The van der Waals surface area contributed by atoms with E-state index >= 15 is 0 Å². The van der Waals surface area contributed by atoms with Gasteiger partial charge in [0.1, 0.15) is 0 Å². The number of carboxylic acids is 1. The summed E-state index contributed by atoms with van der Waals surface area (Å²) < 4.78 is 0. The number of carbonyl (C=O) groups is 1. The Hall–Kier alpha value is -2.87. The Balaban J connectivity index is 1.87. The van der Waals surface area contributed by atoms with E-state index in [9.17, 15) is 9.90 Å². The number of hydrogen-bond donors (Lipinski definition) is 1. The maximum atomic E-state index is 11.3. The fraction of sp³-hybridized carbons (Fsp3) is 0.406. The minimum atomic E-state index is -0.891. The Labute approximate surface area is 206 Å². The highest BCUT2D eigenvalue weighted by Gasteiger charge is 2.11. The number of hydrogen-bond acceptors (Lipinski definition) is 1. The van der Waals surface area contributed by atoms with Gasteiger partial charge in [0.2, 0.25) is 0 Å². The van der Waals surface area contributed by atoms with E-state index in [1.54, 1.807) is 12.1 Å². The van der Waals surface area contributed by atoms with Gasteiger partial charge in [-0.2, -0.15) is 0 Å². The molecule has 180 valence electrons. The molecule has 0 radical (unpaired) electrons. The zero-order chi connectivity index (χ0) is 24.3. The third-order valence-electron chi connectivity index (χ3n) is 6.89. The normalized spacial score (nSPS) is 12.0. The van der Waals surface area contributed by atoms with Crippen LogP contribution in [0.3, 0.4) is 0 Å². The third-order valence-corrected chi connectivity index (χ3v) is 6.89.